The molecular formula is C26H24ClF3N4O2. The molecule has 36 heavy (non-hydrogen) atoms. The van der Waals surface area contributed by atoms with Gasteiger partial charge in [0.05, 0.1) is 24.0 Å². The molecule has 1 N–H and O–H groups in total. The molecule has 0 bridgehead atoms. The maximum atomic E-state index is 12.7. The summed E-state index contributed by atoms with van der Waals surface area (Å²) in [6.07, 6.45) is -2.48. The number of carbonyl (C=O) groups is 1. The van der Waals surface area contributed by atoms with E-state index in [0.717, 1.165) is 17.5 Å². The number of nitrogens with one attached hydrogen (secondary N) is 1. The van der Waals surface area contributed by atoms with Crippen LogP contribution in [0, 0.1) is 6.92 Å². The summed E-state index contributed by atoms with van der Waals surface area (Å²) in [6, 6.07) is 13.6. The van der Waals surface area contributed by atoms with Crippen molar-refractivity contribution >= 4 is 28.7 Å². The van der Waals surface area contributed by atoms with Crippen LogP contribution in [0.1, 0.15) is 42.1 Å². The smallest absolute Gasteiger partial charge is 0.390 e. The quantitative estimate of drug-likeness (QED) is 0.233. The molecule has 2 heterocycles. The molecule has 4 aromatic rings. The van der Waals surface area contributed by atoms with Crippen molar-refractivity contribution in [3.05, 3.63) is 70.9 Å². The Kier molecular flexibility index (Phi) is 7.49. The molecule has 4 rings (SSSR count). The summed E-state index contributed by atoms with van der Waals surface area (Å²) < 4.78 is 45.6. The third kappa shape index (κ3) is 5.96. The Hall–Kier alpha value is -3.59. The van der Waals surface area contributed by atoms with E-state index >= 15 is 0 Å². The Bertz CT molecular complexity index is 1380. The van der Waals surface area contributed by atoms with Crippen LogP contribution in [0.5, 0.6) is 11.6 Å². The molecule has 0 aliphatic rings. The van der Waals surface area contributed by atoms with Gasteiger partial charge in [0, 0.05) is 35.2 Å². The Morgan fingerprint density at radius 2 is 1.89 bits per heavy atom. The lowest BCUT2D eigenvalue weighted by Crippen LogP contribution is -2.15. The molecule has 0 saturated carbocycles. The lowest BCUT2D eigenvalue weighted by Gasteiger charge is -2.13. The first-order valence-corrected chi connectivity index (χ1v) is 11.8. The van der Waals surface area contributed by atoms with Crippen LogP contribution in [0.25, 0.3) is 16.9 Å². The largest absolute Gasteiger partial charge is 0.438 e. The van der Waals surface area contributed by atoms with Gasteiger partial charge in [-0.2, -0.15) is 13.2 Å². The molecule has 0 atom stereocenters. The number of hydrogen-bond acceptors (Lipinski definition) is 5. The van der Waals surface area contributed by atoms with E-state index in [1.807, 2.05) is 26.0 Å². The van der Waals surface area contributed by atoms with Crippen molar-refractivity contribution in [2.24, 2.45) is 0 Å². The Morgan fingerprint density at radius 3 is 2.56 bits per heavy atom. The number of benzene rings is 2. The molecule has 0 saturated heterocycles. The number of halogens is 4. The van der Waals surface area contributed by atoms with Gasteiger partial charge in [-0.15, -0.1) is 5.10 Å². The minimum atomic E-state index is -4.30. The third-order valence-electron chi connectivity index (χ3n) is 5.50. The number of imidazole rings is 1. The number of carbonyl (C=O) groups excluding carboxylic acids is 1. The summed E-state index contributed by atoms with van der Waals surface area (Å²) in [5.41, 5.74) is 3.52. The fourth-order valence-electron chi connectivity index (χ4n) is 3.78. The molecule has 0 amide bonds. The zero-order chi connectivity index (χ0) is 25.9. The predicted octanol–water partition coefficient (Wildman–Crippen LogP) is 7.50. The maximum absolute atomic E-state index is 12.7. The average molecular weight is 517 g/mol. The highest BCUT2D eigenvalue weighted by atomic mass is 35.5. The van der Waals surface area contributed by atoms with Crippen LogP contribution in [-0.2, 0) is 0 Å². The van der Waals surface area contributed by atoms with Crippen molar-refractivity contribution in [2.45, 2.75) is 39.3 Å². The molecule has 188 valence electrons. The predicted molar refractivity (Wildman–Crippen MR) is 133 cm³/mol. The molecule has 0 unspecified atom stereocenters. The van der Waals surface area contributed by atoms with Crippen molar-refractivity contribution in [3.8, 4) is 22.9 Å². The van der Waals surface area contributed by atoms with Crippen molar-refractivity contribution in [2.75, 3.05) is 11.9 Å². The molecule has 10 heteroatoms. The first-order valence-electron chi connectivity index (χ1n) is 11.4. The monoisotopic (exact) mass is 516 g/mol. The van der Waals surface area contributed by atoms with E-state index in [1.54, 1.807) is 36.5 Å². The topological polar surface area (TPSA) is 68.5 Å². The molecule has 0 radical (unpaired) electrons. The summed E-state index contributed by atoms with van der Waals surface area (Å²) in [7, 11) is 0. The van der Waals surface area contributed by atoms with E-state index in [0.29, 0.717) is 39.8 Å². The Labute approximate surface area is 211 Å². The third-order valence-corrected chi connectivity index (χ3v) is 5.76. The second-order valence-corrected chi connectivity index (χ2v) is 8.76. The number of fused-ring (bicyclic) bond motifs is 1. The lowest BCUT2D eigenvalue weighted by atomic mass is 9.98. The van der Waals surface area contributed by atoms with E-state index in [9.17, 15) is 18.0 Å². The number of nitrogens with zero attached hydrogens (tertiary/aromatic N) is 3. The van der Waals surface area contributed by atoms with Gasteiger partial charge in [-0.25, -0.2) is 9.50 Å². The second-order valence-electron chi connectivity index (χ2n) is 8.33. The van der Waals surface area contributed by atoms with Crippen molar-refractivity contribution in [1.29, 1.82) is 0 Å². The number of ketones is 1. The van der Waals surface area contributed by atoms with Gasteiger partial charge >= 0.3 is 6.18 Å². The van der Waals surface area contributed by atoms with Gasteiger partial charge in [0.15, 0.2) is 11.4 Å². The van der Waals surface area contributed by atoms with Crippen LogP contribution in [0.3, 0.4) is 0 Å². The number of alkyl halides is 3. The van der Waals surface area contributed by atoms with Crippen LogP contribution in [0.2, 0.25) is 5.02 Å². The van der Waals surface area contributed by atoms with Crippen LogP contribution in [-0.4, -0.2) is 33.1 Å². The van der Waals surface area contributed by atoms with Crippen LogP contribution >= 0.6 is 11.6 Å². The van der Waals surface area contributed by atoms with E-state index in [4.69, 9.17) is 16.3 Å². The van der Waals surface area contributed by atoms with Gasteiger partial charge in [0.25, 0.3) is 0 Å². The first kappa shape index (κ1) is 25.5. The summed E-state index contributed by atoms with van der Waals surface area (Å²) in [5.74, 6) is 0.696. The van der Waals surface area contributed by atoms with Crippen molar-refractivity contribution < 1.29 is 22.7 Å². The highest BCUT2D eigenvalue weighted by Crippen LogP contribution is 2.31. The standard InChI is InChI=1S/C26H24ClF3N4O2/c1-3-4-23(35)20-10-5-17(13-16(20)2)22-15-32-25-21(31-12-11-26(28,29)30)14-24(33-34(22)25)36-19-8-6-18(27)7-9-19/h5-10,13-15,31H,3-4,11-12H2,1-2H3. The zero-order valence-electron chi connectivity index (χ0n) is 19.7. The minimum absolute atomic E-state index is 0.0765. The number of Topliss-reactive ketones (excluding diaryl/α,β-unsaturated/α-hetero) is 1. The number of anilines is 1. The minimum Gasteiger partial charge on any atom is -0.438 e. The molecule has 6 nitrogen and oxygen atoms in total. The zero-order valence-corrected chi connectivity index (χ0v) is 20.5. The molecule has 0 aliphatic carbocycles. The van der Waals surface area contributed by atoms with Gasteiger partial charge in [-0.1, -0.05) is 30.7 Å². The summed E-state index contributed by atoms with van der Waals surface area (Å²) in [5, 5.41) is 7.87. The number of ether oxygens (including phenoxy) is 1. The highest BCUT2D eigenvalue weighted by molar-refractivity contribution is 6.30. The van der Waals surface area contributed by atoms with Crippen molar-refractivity contribution in [3.63, 3.8) is 0 Å². The lowest BCUT2D eigenvalue weighted by molar-refractivity contribution is -0.131. The molecule has 0 aliphatic heterocycles. The fraction of sp³-hybridized carbons (Fsp3) is 0.269. The van der Waals surface area contributed by atoms with Gasteiger partial charge in [-0.05, 0) is 49.2 Å². The second kappa shape index (κ2) is 10.6. The van der Waals surface area contributed by atoms with Gasteiger partial charge in [0.2, 0.25) is 5.88 Å². The number of aromatic nitrogens is 3. The number of aryl methyl sites for hydroxylation is 1. The normalized spacial score (nSPS) is 11.6. The molecule has 2 aromatic carbocycles. The Morgan fingerprint density at radius 1 is 1.14 bits per heavy atom. The van der Waals surface area contributed by atoms with Crippen LogP contribution in [0.4, 0.5) is 18.9 Å². The molecule has 0 spiro atoms. The van der Waals surface area contributed by atoms with Crippen molar-refractivity contribution in [1.82, 2.24) is 14.6 Å². The van der Waals surface area contributed by atoms with E-state index in [2.05, 4.69) is 15.4 Å². The SMILES string of the molecule is CCCC(=O)c1ccc(-c2cnc3c(NCCC(F)(F)F)cc(Oc4ccc(Cl)cc4)nn23)cc1C. The molecular weight excluding hydrogens is 493 g/mol. The van der Waals surface area contributed by atoms with Gasteiger partial charge in [0.1, 0.15) is 5.75 Å². The highest BCUT2D eigenvalue weighted by Gasteiger charge is 2.26. The summed E-state index contributed by atoms with van der Waals surface area (Å²) in [6.45, 7) is 3.48. The van der Waals surface area contributed by atoms with Crippen LogP contribution < -0.4 is 10.1 Å². The maximum Gasteiger partial charge on any atom is 0.390 e. The number of hydrogen-bond donors (Lipinski definition) is 1. The van der Waals surface area contributed by atoms with Gasteiger partial charge in [-0.3, -0.25) is 4.79 Å². The molecule has 0 fully saturated rings. The fourth-order valence-corrected chi connectivity index (χ4v) is 3.91. The summed E-state index contributed by atoms with van der Waals surface area (Å²) in [4.78, 5) is 16.8. The van der Waals surface area contributed by atoms with Crippen LogP contribution in [0.15, 0.2) is 54.7 Å². The van der Waals surface area contributed by atoms with Gasteiger partial charge < -0.3 is 10.1 Å². The Balaban J connectivity index is 1.74. The van der Waals surface area contributed by atoms with E-state index < -0.39 is 12.6 Å². The van der Waals surface area contributed by atoms with E-state index in [-0.39, 0.29) is 18.2 Å². The average Bonchev–Trinajstić information content (AvgIpc) is 3.24. The van der Waals surface area contributed by atoms with E-state index in [1.165, 1.54) is 10.6 Å². The summed E-state index contributed by atoms with van der Waals surface area (Å²) >= 11 is 5.94. The molecule has 2 aromatic heterocycles. The number of rotatable bonds is 9. The first-order chi connectivity index (χ1) is 17.1.